The van der Waals surface area contributed by atoms with Crippen molar-refractivity contribution in [2.75, 3.05) is 41.1 Å². The number of aryl methyl sites for hydroxylation is 2. The van der Waals surface area contributed by atoms with Crippen LogP contribution in [0.25, 0.3) is 0 Å². The first-order chi connectivity index (χ1) is 13.9. The van der Waals surface area contributed by atoms with Gasteiger partial charge in [-0.15, -0.1) is 0 Å². The number of carbonyl (C=O) groups is 3. The molecule has 7 heteroatoms. The summed E-state index contributed by atoms with van der Waals surface area (Å²) in [7, 11) is 3.87. The Morgan fingerprint density at radius 3 is 2.17 bits per heavy atom. The first-order valence-corrected chi connectivity index (χ1v) is 9.78. The molecule has 2 aliphatic rings. The fourth-order valence-electron chi connectivity index (χ4n) is 3.94. The van der Waals surface area contributed by atoms with Crippen LogP contribution in [0.15, 0.2) is 36.4 Å². The van der Waals surface area contributed by atoms with Gasteiger partial charge < -0.3 is 20.4 Å². The second-order valence-corrected chi connectivity index (χ2v) is 7.64. The van der Waals surface area contributed by atoms with Gasteiger partial charge in [0.1, 0.15) is 0 Å². The minimum Gasteiger partial charge on any atom is -0.378 e. The first-order valence-electron chi connectivity index (χ1n) is 9.78. The molecule has 7 nitrogen and oxygen atoms in total. The van der Waals surface area contributed by atoms with Gasteiger partial charge in [-0.2, -0.15) is 0 Å². The molecule has 150 valence electrons. The molecule has 0 bridgehead atoms. The number of anilines is 4. The van der Waals surface area contributed by atoms with Gasteiger partial charge in [-0.3, -0.25) is 14.4 Å². The molecule has 0 fully saturated rings. The number of benzene rings is 2. The van der Waals surface area contributed by atoms with Crippen molar-refractivity contribution in [1.82, 2.24) is 0 Å². The zero-order valence-electron chi connectivity index (χ0n) is 16.6. The van der Waals surface area contributed by atoms with E-state index in [0.717, 1.165) is 41.9 Å². The summed E-state index contributed by atoms with van der Waals surface area (Å²) in [5, 5.41) is 5.32. The van der Waals surface area contributed by atoms with Crippen LogP contribution in [0.5, 0.6) is 0 Å². The highest BCUT2D eigenvalue weighted by molar-refractivity contribution is 6.43. The summed E-state index contributed by atoms with van der Waals surface area (Å²) in [5.41, 5.74) is 5.26. The first kappa shape index (κ1) is 19.0. The van der Waals surface area contributed by atoms with Gasteiger partial charge in [0.15, 0.2) is 0 Å². The lowest BCUT2D eigenvalue weighted by molar-refractivity contribution is -0.132. The van der Waals surface area contributed by atoms with E-state index in [4.69, 9.17) is 0 Å². The maximum atomic E-state index is 12.4. The summed E-state index contributed by atoms with van der Waals surface area (Å²) < 4.78 is 0. The average Bonchev–Trinajstić information content (AvgIpc) is 2.71. The summed E-state index contributed by atoms with van der Waals surface area (Å²) in [5.74, 6) is -1.27. The van der Waals surface area contributed by atoms with Gasteiger partial charge >= 0.3 is 11.8 Å². The van der Waals surface area contributed by atoms with Crippen LogP contribution in [-0.2, 0) is 27.2 Å². The second-order valence-electron chi connectivity index (χ2n) is 7.64. The Hall–Kier alpha value is -3.35. The fraction of sp³-hybridized carbons (Fsp3) is 0.318. The van der Waals surface area contributed by atoms with Gasteiger partial charge in [0.2, 0.25) is 5.91 Å². The standard InChI is InChI=1S/C22H24N4O3/c1-25(2)18-8-6-16(7-9-18)23-21(28)22(29)24-17-12-14-4-3-11-26-19(27)10-5-15(13-17)20(14)26/h6-9,12-13H,3-5,10-11H2,1-2H3,(H,23,28)(H,24,29). The molecule has 3 amide bonds. The van der Waals surface area contributed by atoms with E-state index in [0.29, 0.717) is 24.2 Å². The van der Waals surface area contributed by atoms with Crippen molar-refractivity contribution in [2.45, 2.75) is 25.7 Å². The van der Waals surface area contributed by atoms with E-state index in [9.17, 15) is 14.4 Å². The molecule has 4 rings (SSSR count). The number of hydrogen-bond donors (Lipinski definition) is 2. The molecule has 0 saturated carbocycles. The Morgan fingerprint density at radius 1 is 0.897 bits per heavy atom. The molecular formula is C22H24N4O3. The third-order valence-electron chi connectivity index (χ3n) is 5.38. The SMILES string of the molecule is CN(C)c1ccc(NC(=O)C(=O)Nc2cc3c4c(c2)CCC(=O)N4CCC3)cc1. The number of nitrogens with one attached hydrogen (secondary N) is 2. The molecule has 2 aromatic carbocycles. The van der Waals surface area contributed by atoms with Crippen LogP contribution in [0.2, 0.25) is 0 Å². The molecule has 0 aliphatic carbocycles. The van der Waals surface area contributed by atoms with Crippen molar-refractivity contribution >= 4 is 40.5 Å². The molecule has 2 aromatic rings. The topological polar surface area (TPSA) is 81.8 Å². The van der Waals surface area contributed by atoms with E-state index in [2.05, 4.69) is 10.6 Å². The number of nitrogens with zero attached hydrogens (tertiary/aromatic N) is 2. The van der Waals surface area contributed by atoms with Crippen LogP contribution >= 0.6 is 0 Å². The van der Waals surface area contributed by atoms with E-state index >= 15 is 0 Å². The quantitative estimate of drug-likeness (QED) is 0.787. The molecule has 0 spiro atoms. The van der Waals surface area contributed by atoms with E-state index < -0.39 is 11.8 Å². The van der Waals surface area contributed by atoms with Gasteiger partial charge in [-0.05, 0) is 66.8 Å². The van der Waals surface area contributed by atoms with Crippen molar-refractivity contribution in [2.24, 2.45) is 0 Å². The Balaban J connectivity index is 1.47. The maximum absolute atomic E-state index is 12.4. The van der Waals surface area contributed by atoms with Crippen molar-refractivity contribution in [3.63, 3.8) is 0 Å². The molecule has 0 aromatic heterocycles. The highest BCUT2D eigenvalue weighted by Gasteiger charge is 2.30. The Kier molecular flexibility index (Phi) is 4.96. The highest BCUT2D eigenvalue weighted by atomic mass is 16.2. The minimum absolute atomic E-state index is 0.162. The highest BCUT2D eigenvalue weighted by Crippen LogP contribution is 2.37. The monoisotopic (exact) mass is 392 g/mol. The second kappa shape index (κ2) is 7.58. The van der Waals surface area contributed by atoms with Crippen LogP contribution in [0, 0.1) is 0 Å². The summed E-state index contributed by atoms with van der Waals surface area (Å²) in [6.07, 6.45) is 2.90. The van der Waals surface area contributed by atoms with Crippen LogP contribution in [0.3, 0.4) is 0 Å². The van der Waals surface area contributed by atoms with Crippen molar-refractivity contribution in [3.05, 3.63) is 47.5 Å². The van der Waals surface area contributed by atoms with E-state index in [1.54, 1.807) is 12.1 Å². The summed E-state index contributed by atoms with van der Waals surface area (Å²) >= 11 is 0. The maximum Gasteiger partial charge on any atom is 0.314 e. The van der Waals surface area contributed by atoms with Crippen LogP contribution in [0.4, 0.5) is 22.7 Å². The molecule has 2 N–H and O–H groups in total. The average molecular weight is 392 g/mol. The van der Waals surface area contributed by atoms with Crippen molar-refractivity contribution in [3.8, 4) is 0 Å². The van der Waals surface area contributed by atoms with Crippen molar-refractivity contribution in [1.29, 1.82) is 0 Å². The van der Waals surface area contributed by atoms with Gasteiger partial charge in [-0.25, -0.2) is 0 Å². The van der Waals surface area contributed by atoms with Crippen LogP contribution in [0.1, 0.15) is 24.0 Å². The Morgan fingerprint density at radius 2 is 1.52 bits per heavy atom. The Bertz CT molecular complexity index is 965. The molecule has 29 heavy (non-hydrogen) atoms. The molecule has 2 heterocycles. The largest absolute Gasteiger partial charge is 0.378 e. The molecular weight excluding hydrogens is 368 g/mol. The van der Waals surface area contributed by atoms with Gasteiger partial charge in [0.05, 0.1) is 5.69 Å². The smallest absolute Gasteiger partial charge is 0.314 e. The molecule has 0 unspecified atom stereocenters. The molecule has 0 radical (unpaired) electrons. The zero-order valence-corrected chi connectivity index (χ0v) is 16.6. The van der Waals surface area contributed by atoms with Gasteiger partial charge in [0, 0.05) is 44.1 Å². The van der Waals surface area contributed by atoms with Crippen LogP contribution in [-0.4, -0.2) is 38.4 Å². The number of hydrogen-bond acceptors (Lipinski definition) is 4. The lowest BCUT2D eigenvalue weighted by atomic mass is 9.91. The summed E-state index contributed by atoms with van der Waals surface area (Å²) in [6.45, 7) is 0.750. The van der Waals surface area contributed by atoms with E-state index in [1.165, 1.54) is 0 Å². The molecule has 0 atom stereocenters. The van der Waals surface area contributed by atoms with Gasteiger partial charge in [-0.1, -0.05) is 0 Å². The number of carbonyl (C=O) groups excluding carboxylic acids is 3. The number of rotatable bonds is 3. The summed E-state index contributed by atoms with van der Waals surface area (Å²) in [6, 6.07) is 11.0. The third kappa shape index (κ3) is 3.81. The predicted molar refractivity (Wildman–Crippen MR) is 113 cm³/mol. The lowest BCUT2D eigenvalue weighted by Gasteiger charge is -2.35. The molecule has 2 aliphatic heterocycles. The Labute approximate surface area is 169 Å². The van der Waals surface area contributed by atoms with Gasteiger partial charge in [0.25, 0.3) is 0 Å². The zero-order chi connectivity index (χ0) is 20.5. The summed E-state index contributed by atoms with van der Waals surface area (Å²) in [4.78, 5) is 40.7. The van der Waals surface area contributed by atoms with Crippen molar-refractivity contribution < 1.29 is 14.4 Å². The van der Waals surface area contributed by atoms with Crippen LogP contribution < -0.4 is 20.4 Å². The predicted octanol–water partition coefficient (Wildman–Crippen LogP) is 2.56. The lowest BCUT2D eigenvalue weighted by Crippen LogP contribution is -2.39. The molecule has 0 saturated heterocycles. The third-order valence-corrected chi connectivity index (χ3v) is 5.38. The fourth-order valence-corrected chi connectivity index (χ4v) is 3.94. The minimum atomic E-state index is -0.717. The van der Waals surface area contributed by atoms with E-state index in [-0.39, 0.29) is 5.91 Å². The normalized spacial score (nSPS) is 14.8. The van der Waals surface area contributed by atoms with E-state index in [1.807, 2.05) is 48.2 Å². The number of amides is 3.